The van der Waals surface area contributed by atoms with Gasteiger partial charge in [-0.05, 0) is 36.5 Å². The molecule has 0 saturated carbocycles. The van der Waals surface area contributed by atoms with E-state index in [9.17, 15) is 0 Å². The summed E-state index contributed by atoms with van der Waals surface area (Å²) in [4.78, 5) is 45.3. The average Bonchev–Trinajstić information content (AvgIpc) is 2.12. The molecule has 0 spiro atoms. The molecule has 120 valence electrons. The summed E-state index contributed by atoms with van der Waals surface area (Å²) in [5, 5.41) is 0. The van der Waals surface area contributed by atoms with E-state index in [0.717, 1.165) is 6.42 Å². The molecule has 0 heterocycles. The Bertz CT molecular complexity index is 246. The molecule has 11 heteroatoms. The summed E-state index contributed by atoms with van der Waals surface area (Å²) in [5.74, 6) is 0. The standard InChI is InChI=1S/C8H19N.2H3O3PS/c1-3-5-6-7-8(9)4-2;2*1-4(2,3)5/h8H,3-7,9H2,1-2H3;2*(H3,1,2,3,5). The van der Waals surface area contributed by atoms with E-state index in [0.29, 0.717) is 6.04 Å². The van der Waals surface area contributed by atoms with Crippen LogP contribution in [0.3, 0.4) is 0 Å². The summed E-state index contributed by atoms with van der Waals surface area (Å²) in [6, 6.07) is 0.455. The van der Waals surface area contributed by atoms with Crippen molar-refractivity contribution in [2.24, 2.45) is 5.73 Å². The van der Waals surface area contributed by atoms with E-state index in [1.807, 2.05) is 0 Å². The molecule has 0 rings (SSSR count). The predicted molar refractivity (Wildman–Crippen MR) is 84.3 cm³/mol. The van der Waals surface area contributed by atoms with Crippen molar-refractivity contribution in [2.45, 2.75) is 52.0 Å². The number of unbranched alkanes of at least 4 members (excludes halogenated alkanes) is 2. The minimum absolute atomic E-state index is 0.455. The van der Waals surface area contributed by atoms with Gasteiger partial charge in [-0.1, -0.05) is 33.1 Å². The van der Waals surface area contributed by atoms with Crippen LogP contribution in [0.2, 0.25) is 0 Å². The molecule has 0 aliphatic rings. The topological polar surface area (TPSA) is 147 Å². The van der Waals surface area contributed by atoms with Crippen LogP contribution in [0.15, 0.2) is 0 Å². The first-order valence-corrected chi connectivity index (χ1v) is 11.0. The molecule has 1 unspecified atom stereocenters. The highest BCUT2D eigenvalue weighted by molar-refractivity contribution is 8.06. The fourth-order valence-electron chi connectivity index (χ4n) is 0.861. The highest BCUT2D eigenvalue weighted by atomic mass is 32.5. The average molecular weight is 357 g/mol. The van der Waals surface area contributed by atoms with Gasteiger partial charge in [0.1, 0.15) is 0 Å². The fraction of sp³-hybridized carbons (Fsp3) is 1.00. The van der Waals surface area contributed by atoms with Crippen molar-refractivity contribution < 1.29 is 29.4 Å². The highest BCUT2D eigenvalue weighted by Gasteiger charge is 1.96. The molecule has 19 heavy (non-hydrogen) atoms. The van der Waals surface area contributed by atoms with Crippen molar-refractivity contribution >= 4 is 37.1 Å². The molecule has 0 bridgehead atoms. The Morgan fingerprint density at radius 1 is 0.895 bits per heavy atom. The summed E-state index contributed by atoms with van der Waals surface area (Å²) in [7, 11) is 0. The van der Waals surface area contributed by atoms with Crippen LogP contribution in [-0.4, -0.2) is 35.4 Å². The first kappa shape index (κ1) is 25.0. The Hall–Kier alpha value is 1.02. The summed E-state index contributed by atoms with van der Waals surface area (Å²) in [6.07, 6.45) is 6.30. The molecule has 0 fully saturated rings. The molecular weight excluding hydrogens is 332 g/mol. The van der Waals surface area contributed by atoms with E-state index in [1.165, 1.54) is 25.7 Å². The molecule has 0 aromatic rings. The molecule has 7 nitrogen and oxygen atoms in total. The molecule has 0 aromatic carbocycles. The molecule has 0 amide bonds. The molecule has 1 atom stereocenters. The van der Waals surface area contributed by atoms with Crippen LogP contribution in [0.1, 0.15) is 46.0 Å². The number of rotatable bonds is 5. The second kappa shape index (κ2) is 14.0. The van der Waals surface area contributed by atoms with Gasteiger partial charge in [-0.2, -0.15) is 0 Å². The predicted octanol–water partition coefficient (Wildman–Crippen LogP) is 0.680. The lowest BCUT2D eigenvalue weighted by atomic mass is 10.1. The van der Waals surface area contributed by atoms with Gasteiger partial charge in [0.25, 0.3) is 0 Å². The Labute approximate surface area is 124 Å². The van der Waals surface area contributed by atoms with Gasteiger partial charge in [0.2, 0.25) is 0 Å². The quantitative estimate of drug-likeness (QED) is 0.279. The van der Waals surface area contributed by atoms with Gasteiger partial charge in [-0.15, -0.1) is 0 Å². The zero-order valence-corrected chi connectivity index (χ0v) is 14.5. The van der Waals surface area contributed by atoms with E-state index in [2.05, 4.69) is 37.5 Å². The lowest BCUT2D eigenvalue weighted by molar-refractivity contribution is 0.361. The minimum Gasteiger partial charge on any atom is -0.328 e. The maximum atomic E-state index is 7.56. The SMILES string of the molecule is CCCCCC(N)CC.OP(O)(O)=S.OP(O)(O)=S. The largest absolute Gasteiger partial charge is 0.328 e. The third-order valence-corrected chi connectivity index (χ3v) is 1.70. The number of hydrogen-bond donors (Lipinski definition) is 7. The van der Waals surface area contributed by atoms with Crippen LogP contribution in [-0.2, 0) is 23.6 Å². The molecule has 0 aliphatic heterocycles. The van der Waals surface area contributed by atoms with E-state index >= 15 is 0 Å². The van der Waals surface area contributed by atoms with Crippen LogP contribution in [0.5, 0.6) is 0 Å². The summed E-state index contributed by atoms with van der Waals surface area (Å²) < 4.78 is 0. The van der Waals surface area contributed by atoms with Crippen LogP contribution in [0.4, 0.5) is 0 Å². The maximum Gasteiger partial charge on any atom is 0.319 e. The van der Waals surface area contributed by atoms with Gasteiger partial charge in [0.05, 0.1) is 0 Å². The third-order valence-electron chi connectivity index (χ3n) is 1.70. The van der Waals surface area contributed by atoms with Crippen molar-refractivity contribution in [1.29, 1.82) is 0 Å². The maximum absolute atomic E-state index is 7.56. The van der Waals surface area contributed by atoms with Gasteiger partial charge < -0.3 is 35.1 Å². The van der Waals surface area contributed by atoms with Crippen LogP contribution < -0.4 is 5.73 Å². The zero-order valence-electron chi connectivity index (χ0n) is 11.1. The Balaban J connectivity index is -0.000000219. The van der Waals surface area contributed by atoms with E-state index in [4.69, 9.17) is 35.1 Å². The minimum atomic E-state index is -3.81. The monoisotopic (exact) mass is 357 g/mol. The first-order valence-electron chi connectivity index (χ1n) is 5.63. The molecule has 0 aromatic heterocycles. The van der Waals surface area contributed by atoms with Crippen LogP contribution in [0.25, 0.3) is 0 Å². The van der Waals surface area contributed by atoms with Gasteiger partial charge in [-0.25, -0.2) is 0 Å². The van der Waals surface area contributed by atoms with Gasteiger partial charge in [0, 0.05) is 6.04 Å². The van der Waals surface area contributed by atoms with Crippen LogP contribution >= 0.6 is 13.4 Å². The Morgan fingerprint density at radius 3 is 1.42 bits per heavy atom. The number of hydrogen-bond acceptors (Lipinski definition) is 3. The second-order valence-corrected chi connectivity index (χ2v) is 8.68. The van der Waals surface area contributed by atoms with E-state index in [-0.39, 0.29) is 0 Å². The van der Waals surface area contributed by atoms with Crippen molar-refractivity contribution in [3.63, 3.8) is 0 Å². The van der Waals surface area contributed by atoms with Crippen molar-refractivity contribution in [2.75, 3.05) is 0 Å². The normalized spacial score (nSPS) is 12.7. The summed E-state index contributed by atoms with van der Waals surface area (Å²) in [5.41, 5.74) is 5.71. The third kappa shape index (κ3) is 85.7. The second-order valence-electron chi connectivity index (χ2n) is 3.69. The summed E-state index contributed by atoms with van der Waals surface area (Å²) in [6.45, 7) is -3.24. The van der Waals surface area contributed by atoms with Crippen molar-refractivity contribution in [3.8, 4) is 0 Å². The Morgan fingerprint density at radius 2 is 1.21 bits per heavy atom. The Kier molecular flexibility index (Phi) is 18.4. The fourth-order valence-corrected chi connectivity index (χ4v) is 0.861. The molecule has 0 aliphatic carbocycles. The van der Waals surface area contributed by atoms with E-state index in [1.54, 1.807) is 0 Å². The lowest BCUT2D eigenvalue weighted by Crippen LogP contribution is -2.17. The molecule has 0 radical (unpaired) electrons. The zero-order chi connectivity index (χ0) is 16.1. The van der Waals surface area contributed by atoms with Gasteiger partial charge in [0.15, 0.2) is 0 Å². The molecule has 8 N–H and O–H groups in total. The van der Waals surface area contributed by atoms with Gasteiger partial charge >= 0.3 is 13.4 Å². The highest BCUT2D eigenvalue weighted by Crippen LogP contribution is 2.26. The lowest BCUT2D eigenvalue weighted by Gasteiger charge is -2.05. The molecular formula is C8H25NO6P2S2. The molecule has 0 saturated heterocycles. The first-order chi connectivity index (χ1) is 8.31. The summed E-state index contributed by atoms with van der Waals surface area (Å²) >= 11 is 7.21. The van der Waals surface area contributed by atoms with E-state index < -0.39 is 13.4 Å². The van der Waals surface area contributed by atoms with Gasteiger partial charge in [-0.3, -0.25) is 0 Å². The van der Waals surface area contributed by atoms with Crippen molar-refractivity contribution in [1.82, 2.24) is 0 Å². The van der Waals surface area contributed by atoms with Crippen molar-refractivity contribution in [3.05, 3.63) is 0 Å². The smallest absolute Gasteiger partial charge is 0.319 e. The van der Waals surface area contributed by atoms with Crippen LogP contribution in [0, 0.1) is 0 Å². The number of nitrogens with two attached hydrogens (primary N) is 1.